The van der Waals surface area contributed by atoms with Crippen molar-refractivity contribution in [2.45, 2.75) is 4.90 Å². The first-order chi connectivity index (χ1) is 15.9. The standard InChI is InChI=1S/C20H23N5O7S/c26-10-9-23-5-7-24(8-6-23)33(29,30)20-12-16(25(27)28)2-3-17(20)22-21-13-15-1-4-18-19(11-15)32-14-31-18/h1-4,11-13,22,26H,5-10,14H2/b21-13-. The summed E-state index contributed by atoms with van der Waals surface area (Å²) in [7, 11) is -4.02. The fourth-order valence-electron chi connectivity index (χ4n) is 3.57. The highest BCUT2D eigenvalue weighted by Gasteiger charge is 2.31. The van der Waals surface area contributed by atoms with Crippen LogP contribution in [0.5, 0.6) is 11.5 Å². The van der Waals surface area contributed by atoms with Crippen molar-refractivity contribution in [3.63, 3.8) is 0 Å². The number of nitrogens with one attached hydrogen (secondary N) is 1. The van der Waals surface area contributed by atoms with E-state index in [1.807, 2.05) is 4.90 Å². The largest absolute Gasteiger partial charge is 0.454 e. The van der Waals surface area contributed by atoms with Gasteiger partial charge in [0.2, 0.25) is 16.8 Å². The van der Waals surface area contributed by atoms with Crippen molar-refractivity contribution in [2.24, 2.45) is 5.10 Å². The molecular weight excluding hydrogens is 454 g/mol. The van der Waals surface area contributed by atoms with Gasteiger partial charge in [-0.05, 0) is 29.8 Å². The molecule has 2 aliphatic heterocycles. The molecule has 2 aliphatic rings. The minimum atomic E-state index is -4.02. The van der Waals surface area contributed by atoms with Gasteiger partial charge in [-0.15, -0.1) is 0 Å². The fraction of sp³-hybridized carbons (Fsp3) is 0.350. The number of anilines is 1. The monoisotopic (exact) mass is 477 g/mol. The Morgan fingerprint density at radius 2 is 1.88 bits per heavy atom. The molecule has 2 heterocycles. The van der Waals surface area contributed by atoms with Gasteiger partial charge in [-0.1, -0.05) is 0 Å². The third kappa shape index (κ3) is 5.06. The molecule has 2 aromatic carbocycles. The van der Waals surface area contributed by atoms with Gasteiger partial charge in [0.1, 0.15) is 4.90 Å². The lowest BCUT2D eigenvalue weighted by Gasteiger charge is -2.33. The molecule has 0 unspecified atom stereocenters. The van der Waals surface area contributed by atoms with E-state index in [2.05, 4.69) is 10.5 Å². The number of fused-ring (bicyclic) bond motifs is 1. The van der Waals surface area contributed by atoms with Crippen LogP contribution in [-0.4, -0.2) is 80.0 Å². The number of sulfonamides is 1. The van der Waals surface area contributed by atoms with Crippen molar-refractivity contribution in [1.29, 1.82) is 0 Å². The van der Waals surface area contributed by atoms with Gasteiger partial charge in [-0.2, -0.15) is 9.41 Å². The van der Waals surface area contributed by atoms with Gasteiger partial charge in [0, 0.05) is 44.9 Å². The number of nitro benzene ring substituents is 1. The number of aliphatic hydroxyl groups excluding tert-OH is 1. The summed E-state index contributed by atoms with van der Waals surface area (Å²) < 4.78 is 38.5. The molecular formula is C20H23N5O7S. The van der Waals surface area contributed by atoms with Gasteiger partial charge in [-0.3, -0.25) is 20.4 Å². The first-order valence-corrected chi connectivity index (χ1v) is 11.6. The van der Waals surface area contributed by atoms with E-state index in [0.717, 1.165) is 6.07 Å². The molecule has 33 heavy (non-hydrogen) atoms. The summed E-state index contributed by atoms with van der Waals surface area (Å²) in [5.41, 5.74) is 3.17. The molecule has 0 aliphatic carbocycles. The number of rotatable bonds is 8. The summed E-state index contributed by atoms with van der Waals surface area (Å²) in [6.07, 6.45) is 1.48. The quantitative estimate of drug-likeness (QED) is 0.324. The number of hydrogen-bond acceptors (Lipinski definition) is 10. The summed E-state index contributed by atoms with van der Waals surface area (Å²) in [5, 5.41) is 24.5. The first kappa shape index (κ1) is 22.9. The normalized spacial score (nSPS) is 16.9. The Labute approximate surface area is 190 Å². The van der Waals surface area contributed by atoms with Crippen molar-refractivity contribution in [1.82, 2.24) is 9.21 Å². The maximum Gasteiger partial charge on any atom is 0.270 e. The zero-order valence-corrected chi connectivity index (χ0v) is 18.4. The van der Waals surface area contributed by atoms with E-state index in [1.54, 1.807) is 18.2 Å². The van der Waals surface area contributed by atoms with Gasteiger partial charge in [0.05, 0.1) is 23.4 Å². The van der Waals surface area contributed by atoms with Crippen LogP contribution in [0, 0.1) is 10.1 Å². The van der Waals surface area contributed by atoms with Crippen LogP contribution in [0.15, 0.2) is 46.4 Å². The second-order valence-corrected chi connectivity index (χ2v) is 9.30. The molecule has 0 amide bonds. The Hall–Kier alpha value is -3.26. The van der Waals surface area contributed by atoms with Crippen LogP contribution in [0.2, 0.25) is 0 Å². The van der Waals surface area contributed by atoms with Crippen LogP contribution < -0.4 is 14.9 Å². The molecule has 0 atom stereocenters. The van der Waals surface area contributed by atoms with Gasteiger partial charge < -0.3 is 14.6 Å². The maximum atomic E-state index is 13.3. The predicted molar refractivity (Wildman–Crippen MR) is 119 cm³/mol. The number of nitrogens with zero attached hydrogens (tertiary/aromatic N) is 4. The number of benzene rings is 2. The van der Waals surface area contributed by atoms with E-state index in [-0.39, 0.29) is 42.8 Å². The second kappa shape index (κ2) is 9.70. The highest BCUT2D eigenvalue weighted by molar-refractivity contribution is 7.89. The number of hydrogen-bond donors (Lipinski definition) is 2. The van der Waals surface area contributed by atoms with Crippen molar-refractivity contribution in [3.8, 4) is 11.5 Å². The molecule has 13 heteroatoms. The molecule has 176 valence electrons. The van der Waals surface area contributed by atoms with Crippen molar-refractivity contribution < 1.29 is 27.9 Å². The van der Waals surface area contributed by atoms with Crippen LogP contribution in [0.1, 0.15) is 5.56 Å². The Kier molecular flexibility index (Phi) is 6.74. The van der Waals surface area contributed by atoms with Crippen LogP contribution in [0.4, 0.5) is 11.4 Å². The SMILES string of the molecule is O=[N+]([O-])c1ccc(N/N=C\c2ccc3c(c2)OCO3)c(S(=O)(=O)N2CCN(CCO)CC2)c1. The molecule has 2 N–H and O–H groups in total. The highest BCUT2D eigenvalue weighted by atomic mass is 32.2. The molecule has 0 saturated carbocycles. The average Bonchev–Trinajstić information content (AvgIpc) is 3.27. The summed E-state index contributed by atoms with van der Waals surface area (Å²) in [6, 6.07) is 8.81. The molecule has 4 rings (SSSR count). The fourth-order valence-corrected chi connectivity index (χ4v) is 5.16. The molecule has 0 spiro atoms. The zero-order valence-electron chi connectivity index (χ0n) is 17.6. The van der Waals surface area contributed by atoms with Crippen molar-refractivity contribution in [2.75, 3.05) is 51.5 Å². The molecule has 1 saturated heterocycles. The number of ether oxygens (including phenoxy) is 2. The topological polar surface area (TPSA) is 147 Å². The minimum absolute atomic E-state index is 0.00687. The first-order valence-electron chi connectivity index (χ1n) is 10.2. The molecule has 2 aromatic rings. The second-order valence-electron chi connectivity index (χ2n) is 7.39. The Balaban J connectivity index is 1.56. The Morgan fingerprint density at radius 3 is 2.61 bits per heavy atom. The van der Waals surface area contributed by atoms with Crippen LogP contribution in [-0.2, 0) is 10.0 Å². The van der Waals surface area contributed by atoms with Crippen LogP contribution in [0.3, 0.4) is 0 Å². The van der Waals surface area contributed by atoms with Gasteiger partial charge in [0.25, 0.3) is 5.69 Å². The van der Waals surface area contributed by atoms with E-state index >= 15 is 0 Å². The molecule has 12 nitrogen and oxygen atoms in total. The smallest absolute Gasteiger partial charge is 0.270 e. The van der Waals surface area contributed by atoms with Crippen molar-refractivity contribution in [3.05, 3.63) is 52.1 Å². The third-order valence-electron chi connectivity index (χ3n) is 5.34. The third-order valence-corrected chi connectivity index (χ3v) is 7.28. The average molecular weight is 477 g/mol. The van der Waals surface area contributed by atoms with Gasteiger partial charge >= 0.3 is 0 Å². The van der Waals surface area contributed by atoms with E-state index in [4.69, 9.17) is 14.6 Å². The lowest BCUT2D eigenvalue weighted by molar-refractivity contribution is -0.385. The summed E-state index contributed by atoms with van der Waals surface area (Å²) >= 11 is 0. The highest BCUT2D eigenvalue weighted by Crippen LogP contribution is 2.32. The summed E-state index contributed by atoms with van der Waals surface area (Å²) in [6.45, 7) is 1.95. The summed E-state index contributed by atoms with van der Waals surface area (Å²) in [4.78, 5) is 12.4. The van der Waals surface area contributed by atoms with E-state index < -0.39 is 14.9 Å². The Morgan fingerprint density at radius 1 is 1.12 bits per heavy atom. The van der Waals surface area contributed by atoms with Gasteiger partial charge in [0.15, 0.2) is 11.5 Å². The molecule has 0 aromatic heterocycles. The number of nitro groups is 1. The van der Waals surface area contributed by atoms with Crippen LogP contribution >= 0.6 is 0 Å². The van der Waals surface area contributed by atoms with E-state index in [0.29, 0.717) is 36.7 Å². The molecule has 0 radical (unpaired) electrons. The lowest BCUT2D eigenvalue weighted by atomic mass is 10.2. The molecule has 1 fully saturated rings. The minimum Gasteiger partial charge on any atom is -0.454 e. The summed E-state index contributed by atoms with van der Waals surface area (Å²) in [5.74, 6) is 1.21. The Bertz CT molecular complexity index is 1160. The number of β-amino-alcohol motifs (C(OH)–C–C–N with tert-alkyl or cyclic N) is 1. The lowest BCUT2D eigenvalue weighted by Crippen LogP contribution is -2.49. The molecule has 0 bridgehead atoms. The predicted octanol–water partition coefficient (Wildman–Crippen LogP) is 1.07. The van der Waals surface area contributed by atoms with Crippen molar-refractivity contribution >= 4 is 27.6 Å². The number of aliphatic hydroxyl groups is 1. The zero-order chi connectivity index (χ0) is 23.4. The maximum absolute atomic E-state index is 13.3. The number of non-ortho nitro benzene ring substituents is 1. The van der Waals surface area contributed by atoms with E-state index in [1.165, 1.54) is 22.7 Å². The number of hydrazone groups is 1. The van der Waals surface area contributed by atoms with Gasteiger partial charge in [-0.25, -0.2) is 8.42 Å². The van der Waals surface area contributed by atoms with E-state index in [9.17, 15) is 18.5 Å². The number of piperazine rings is 1. The van der Waals surface area contributed by atoms with Crippen LogP contribution in [0.25, 0.3) is 0 Å².